The third-order valence-electron chi connectivity index (χ3n) is 3.37. The van der Waals surface area contributed by atoms with E-state index in [2.05, 4.69) is 20.5 Å². The number of hydrazone groups is 1. The molecule has 0 fully saturated rings. The Balaban J connectivity index is 1.71. The van der Waals surface area contributed by atoms with Crippen molar-refractivity contribution in [3.05, 3.63) is 51.1 Å². The molecule has 0 spiro atoms. The number of methoxy groups -OCH3 is 1. The highest BCUT2D eigenvalue weighted by atomic mass is 35.5. The predicted molar refractivity (Wildman–Crippen MR) is 99.6 cm³/mol. The van der Waals surface area contributed by atoms with E-state index in [1.165, 1.54) is 17.6 Å². The van der Waals surface area contributed by atoms with E-state index in [0.717, 1.165) is 27.4 Å². The average molecular weight is 375 g/mol. The van der Waals surface area contributed by atoms with Gasteiger partial charge in [-0.15, -0.1) is 11.3 Å². The van der Waals surface area contributed by atoms with Crippen molar-refractivity contribution < 1.29 is 9.53 Å². The van der Waals surface area contributed by atoms with Gasteiger partial charge >= 0.3 is 0 Å². The zero-order chi connectivity index (χ0) is 17.8. The van der Waals surface area contributed by atoms with Crippen LogP contribution in [-0.4, -0.2) is 29.2 Å². The molecule has 2 heterocycles. The van der Waals surface area contributed by atoms with E-state index in [-0.39, 0.29) is 12.3 Å². The second-order valence-corrected chi connectivity index (χ2v) is 6.58. The number of nitrogens with one attached hydrogen (secondary N) is 1. The zero-order valence-electron chi connectivity index (χ0n) is 13.6. The van der Waals surface area contributed by atoms with Gasteiger partial charge in [-0.3, -0.25) is 4.79 Å². The molecule has 0 bridgehead atoms. The van der Waals surface area contributed by atoms with Crippen LogP contribution in [0, 0.1) is 6.92 Å². The van der Waals surface area contributed by atoms with Crippen LogP contribution >= 0.6 is 22.9 Å². The van der Waals surface area contributed by atoms with Crippen LogP contribution in [0.4, 0.5) is 0 Å². The second kappa shape index (κ2) is 7.58. The molecule has 0 saturated carbocycles. The summed E-state index contributed by atoms with van der Waals surface area (Å²) in [5, 5.41) is 7.79. The summed E-state index contributed by atoms with van der Waals surface area (Å²) in [6.45, 7) is 1.89. The minimum absolute atomic E-state index is 0.191. The number of carbonyl (C=O) groups excluding carboxylic acids is 1. The Kier molecular flexibility index (Phi) is 5.25. The molecule has 2 aromatic heterocycles. The van der Waals surface area contributed by atoms with Gasteiger partial charge in [-0.1, -0.05) is 11.6 Å². The van der Waals surface area contributed by atoms with Crippen molar-refractivity contribution in [1.82, 2.24) is 15.4 Å². The van der Waals surface area contributed by atoms with Gasteiger partial charge in [-0.25, -0.2) is 15.4 Å². The quantitative estimate of drug-likeness (QED) is 0.422. The number of halogens is 1. The summed E-state index contributed by atoms with van der Waals surface area (Å²) in [4.78, 5) is 20.4. The molecular formula is C17H15ClN4O2S. The Hall–Kier alpha value is -2.51. The van der Waals surface area contributed by atoms with E-state index in [4.69, 9.17) is 16.3 Å². The summed E-state index contributed by atoms with van der Waals surface area (Å²) in [7, 11) is 1.60. The van der Waals surface area contributed by atoms with Crippen molar-refractivity contribution in [3.63, 3.8) is 0 Å². The number of carbonyl (C=O) groups is 1. The fourth-order valence-corrected chi connectivity index (χ4v) is 3.16. The first-order valence-corrected chi connectivity index (χ1v) is 8.68. The summed E-state index contributed by atoms with van der Waals surface area (Å²) in [5.41, 5.74) is 4.74. The van der Waals surface area contributed by atoms with Gasteiger partial charge in [-0.2, -0.15) is 5.10 Å². The largest absolute Gasteiger partial charge is 0.497 e. The topological polar surface area (TPSA) is 76.5 Å². The average Bonchev–Trinajstić information content (AvgIpc) is 2.99. The van der Waals surface area contributed by atoms with E-state index in [9.17, 15) is 4.79 Å². The SMILES string of the molecule is COc1ccc2nc(Cl)c(/C=N\NC(=O)Cc3nc(C)cs3)cc2c1. The van der Waals surface area contributed by atoms with Crippen molar-refractivity contribution in [2.45, 2.75) is 13.3 Å². The van der Waals surface area contributed by atoms with Crippen LogP contribution in [0.25, 0.3) is 10.9 Å². The van der Waals surface area contributed by atoms with Crippen LogP contribution < -0.4 is 10.2 Å². The minimum Gasteiger partial charge on any atom is -0.497 e. The van der Waals surface area contributed by atoms with Crippen molar-refractivity contribution >= 4 is 46.0 Å². The molecule has 1 N–H and O–H groups in total. The summed E-state index contributed by atoms with van der Waals surface area (Å²) in [5.74, 6) is 0.490. The number of hydrogen-bond acceptors (Lipinski definition) is 6. The van der Waals surface area contributed by atoms with Gasteiger partial charge in [0.1, 0.15) is 15.9 Å². The number of amides is 1. The maximum atomic E-state index is 11.9. The highest BCUT2D eigenvalue weighted by Crippen LogP contribution is 2.23. The van der Waals surface area contributed by atoms with E-state index >= 15 is 0 Å². The predicted octanol–water partition coefficient (Wildman–Crippen LogP) is 3.35. The fourth-order valence-electron chi connectivity index (χ4n) is 2.20. The number of aromatic nitrogens is 2. The van der Waals surface area contributed by atoms with Gasteiger partial charge in [0.15, 0.2) is 0 Å². The third-order valence-corrected chi connectivity index (χ3v) is 4.64. The smallest absolute Gasteiger partial charge is 0.246 e. The molecule has 0 aliphatic heterocycles. The zero-order valence-corrected chi connectivity index (χ0v) is 15.2. The van der Waals surface area contributed by atoms with Gasteiger partial charge in [-0.05, 0) is 31.2 Å². The highest BCUT2D eigenvalue weighted by molar-refractivity contribution is 7.09. The van der Waals surface area contributed by atoms with E-state index in [1.807, 2.05) is 36.6 Å². The Labute approximate surface area is 153 Å². The van der Waals surface area contributed by atoms with Gasteiger partial charge in [0.05, 0.1) is 25.3 Å². The molecule has 0 aliphatic rings. The highest BCUT2D eigenvalue weighted by Gasteiger charge is 2.07. The summed E-state index contributed by atoms with van der Waals surface area (Å²) in [6.07, 6.45) is 1.66. The number of rotatable bonds is 5. The molecule has 0 unspecified atom stereocenters. The van der Waals surface area contributed by atoms with Crippen LogP contribution in [0.1, 0.15) is 16.3 Å². The number of hydrogen-bond donors (Lipinski definition) is 1. The molecule has 0 atom stereocenters. The normalized spacial score (nSPS) is 11.2. The Morgan fingerprint density at radius 1 is 1.40 bits per heavy atom. The first kappa shape index (κ1) is 17.3. The molecule has 0 radical (unpaired) electrons. The molecule has 1 amide bonds. The third kappa shape index (κ3) is 4.32. The van der Waals surface area contributed by atoms with Crippen molar-refractivity contribution in [1.29, 1.82) is 0 Å². The molecule has 0 aliphatic carbocycles. The molecule has 128 valence electrons. The Morgan fingerprint density at radius 3 is 2.96 bits per heavy atom. The van der Waals surface area contributed by atoms with E-state index < -0.39 is 0 Å². The number of pyridine rings is 1. The number of nitrogens with zero attached hydrogens (tertiary/aromatic N) is 3. The maximum absolute atomic E-state index is 11.9. The molecule has 25 heavy (non-hydrogen) atoms. The minimum atomic E-state index is -0.239. The lowest BCUT2D eigenvalue weighted by molar-refractivity contribution is -0.120. The van der Waals surface area contributed by atoms with Gasteiger partial charge < -0.3 is 4.74 Å². The molecule has 8 heteroatoms. The van der Waals surface area contributed by atoms with Crippen molar-refractivity contribution in [2.24, 2.45) is 5.10 Å². The van der Waals surface area contributed by atoms with Crippen LogP contribution in [0.15, 0.2) is 34.7 Å². The second-order valence-electron chi connectivity index (χ2n) is 5.28. The van der Waals surface area contributed by atoms with Crippen LogP contribution in [0.5, 0.6) is 5.75 Å². The number of ether oxygens (including phenoxy) is 1. The van der Waals surface area contributed by atoms with Gasteiger partial charge in [0, 0.05) is 22.0 Å². The lowest BCUT2D eigenvalue weighted by atomic mass is 10.1. The number of thiazole rings is 1. The van der Waals surface area contributed by atoms with Gasteiger partial charge in [0.25, 0.3) is 0 Å². The summed E-state index contributed by atoms with van der Waals surface area (Å²) in [6, 6.07) is 7.35. The summed E-state index contributed by atoms with van der Waals surface area (Å²) < 4.78 is 5.21. The monoisotopic (exact) mass is 374 g/mol. The standard InChI is InChI=1S/C17H15ClN4O2S/c1-10-9-25-16(20-10)7-15(23)22-19-8-12-5-11-6-13(24-2)3-4-14(11)21-17(12)18/h3-6,8-9H,7H2,1-2H3,(H,22,23)/b19-8-. The molecular weight excluding hydrogens is 360 g/mol. The lowest BCUT2D eigenvalue weighted by Gasteiger charge is -2.04. The van der Waals surface area contributed by atoms with Crippen LogP contribution in [0.3, 0.4) is 0 Å². The molecule has 3 rings (SSSR count). The Morgan fingerprint density at radius 2 is 2.24 bits per heavy atom. The van der Waals surface area contributed by atoms with E-state index in [1.54, 1.807) is 7.11 Å². The van der Waals surface area contributed by atoms with E-state index in [0.29, 0.717) is 10.7 Å². The molecule has 0 saturated heterocycles. The first-order chi connectivity index (χ1) is 12.0. The number of aryl methyl sites for hydroxylation is 1. The molecule has 3 aromatic rings. The van der Waals surface area contributed by atoms with Crippen molar-refractivity contribution in [2.75, 3.05) is 7.11 Å². The number of benzene rings is 1. The number of fused-ring (bicyclic) bond motifs is 1. The van der Waals surface area contributed by atoms with Crippen molar-refractivity contribution in [3.8, 4) is 5.75 Å². The van der Waals surface area contributed by atoms with Crippen LogP contribution in [0.2, 0.25) is 5.15 Å². The lowest BCUT2D eigenvalue weighted by Crippen LogP contribution is -2.19. The summed E-state index contributed by atoms with van der Waals surface area (Å²) >= 11 is 7.62. The molecule has 6 nitrogen and oxygen atoms in total. The fraction of sp³-hybridized carbons (Fsp3) is 0.176. The Bertz CT molecular complexity index is 955. The first-order valence-electron chi connectivity index (χ1n) is 7.42. The maximum Gasteiger partial charge on any atom is 0.246 e. The van der Waals surface area contributed by atoms with Crippen LogP contribution in [-0.2, 0) is 11.2 Å². The molecule has 1 aromatic carbocycles. The van der Waals surface area contributed by atoms with Gasteiger partial charge in [0.2, 0.25) is 5.91 Å².